The van der Waals surface area contributed by atoms with E-state index in [-0.39, 0.29) is 0 Å². The SMILES string of the molecule is CCCc1cc2c(Cl)ccc(Br)c2nc1N. The molecule has 16 heavy (non-hydrogen) atoms. The minimum absolute atomic E-state index is 0.595. The molecule has 0 fully saturated rings. The van der Waals surface area contributed by atoms with E-state index >= 15 is 0 Å². The zero-order valence-corrected chi connectivity index (χ0v) is 11.3. The number of nitrogens with two attached hydrogens (primary N) is 1. The Labute approximate surface area is 108 Å². The lowest BCUT2D eigenvalue weighted by Gasteiger charge is -2.08. The number of pyridine rings is 1. The topological polar surface area (TPSA) is 38.9 Å². The molecule has 4 heteroatoms. The maximum absolute atomic E-state index is 6.15. The van der Waals surface area contributed by atoms with Crippen molar-refractivity contribution in [2.24, 2.45) is 0 Å². The zero-order valence-electron chi connectivity index (χ0n) is 8.93. The van der Waals surface area contributed by atoms with Crippen LogP contribution in [0.25, 0.3) is 10.9 Å². The Kier molecular flexibility index (Phi) is 3.36. The number of aromatic nitrogens is 1. The molecule has 2 N–H and O–H groups in total. The summed E-state index contributed by atoms with van der Waals surface area (Å²) in [6, 6.07) is 5.78. The fourth-order valence-electron chi connectivity index (χ4n) is 1.72. The Bertz CT molecular complexity index is 540. The lowest BCUT2D eigenvalue weighted by molar-refractivity contribution is 0.921. The third-order valence-electron chi connectivity index (χ3n) is 2.51. The zero-order chi connectivity index (χ0) is 11.7. The van der Waals surface area contributed by atoms with Gasteiger partial charge in [0.1, 0.15) is 5.82 Å². The molecular formula is C12H12BrClN2. The number of anilines is 1. The van der Waals surface area contributed by atoms with Crippen LogP contribution in [0, 0.1) is 0 Å². The van der Waals surface area contributed by atoms with Crippen molar-refractivity contribution in [3.05, 3.63) is 33.3 Å². The van der Waals surface area contributed by atoms with Gasteiger partial charge >= 0.3 is 0 Å². The van der Waals surface area contributed by atoms with E-state index in [0.29, 0.717) is 10.8 Å². The van der Waals surface area contributed by atoms with Crippen molar-refractivity contribution in [2.45, 2.75) is 19.8 Å². The first-order chi connectivity index (χ1) is 7.63. The number of rotatable bonds is 2. The van der Waals surface area contributed by atoms with Gasteiger partial charge in [-0.2, -0.15) is 0 Å². The van der Waals surface area contributed by atoms with Crippen LogP contribution in [-0.2, 0) is 6.42 Å². The van der Waals surface area contributed by atoms with Crippen molar-refractivity contribution < 1.29 is 0 Å². The number of nitrogens with zero attached hydrogens (tertiary/aromatic N) is 1. The summed E-state index contributed by atoms with van der Waals surface area (Å²) in [6.07, 6.45) is 1.97. The van der Waals surface area contributed by atoms with Crippen LogP contribution < -0.4 is 5.73 Å². The first kappa shape index (κ1) is 11.7. The molecule has 84 valence electrons. The standard InChI is InChI=1S/C12H12BrClN2/c1-2-3-7-6-8-10(14)5-4-9(13)11(8)16-12(7)15/h4-6H,2-3H2,1H3,(H2,15,16). The summed E-state index contributed by atoms with van der Waals surface area (Å²) in [6.45, 7) is 2.12. The second kappa shape index (κ2) is 4.60. The second-order valence-electron chi connectivity index (χ2n) is 3.71. The van der Waals surface area contributed by atoms with E-state index in [1.165, 1.54) is 0 Å². The van der Waals surface area contributed by atoms with E-state index in [0.717, 1.165) is 33.8 Å². The Morgan fingerprint density at radius 2 is 2.19 bits per heavy atom. The van der Waals surface area contributed by atoms with Crippen molar-refractivity contribution in [1.82, 2.24) is 4.98 Å². The van der Waals surface area contributed by atoms with Crippen molar-refractivity contribution >= 4 is 44.3 Å². The van der Waals surface area contributed by atoms with Gasteiger partial charge in [-0.1, -0.05) is 24.9 Å². The average Bonchev–Trinajstić information content (AvgIpc) is 2.26. The van der Waals surface area contributed by atoms with Gasteiger partial charge in [0.25, 0.3) is 0 Å². The highest BCUT2D eigenvalue weighted by molar-refractivity contribution is 9.10. The van der Waals surface area contributed by atoms with Crippen LogP contribution in [0.4, 0.5) is 5.82 Å². The highest BCUT2D eigenvalue weighted by atomic mass is 79.9. The molecule has 0 atom stereocenters. The van der Waals surface area contributed by atoms with Crippen LogP contribution in [0.1, 0.15) is 18.9 Å². The number of nitrogen functional groups attached to an aromatic ring is 1. The quantitative estimate of drug-likeness (QED) is 0.903. The van der Waals surface area contributed by atoms with E-state index in [2.05, 4.69) is 27.8 Å². The maximum Gasteiger partial charge on any atom is 0.127 e. The number of halogens is 2. The van der Waals surface area contributed by atoms with Gasteiger partial charge in [-0.05, 0) is 46.1 Å². The van der Waals surface area contributed by atoms with E-state index in [1.54, 1.807) is 0 Å². The smallest absolute Gasteiger partial charge is 0.127 e. The summed E-state index contributed by atoms with van der Waals surface area (Å²) in [5.74, 6) is 0.595. The first-order valence-corrected chi connectivity index (χ1v) is 6.33. The molecule has 1 aromatic heterocycles. The summed E-state index contributed by atoms with van der Waals surface area (Å²) < 4.78 is 0.918. The van der Waals surface area contributed by atoms with Crippen LogP contribution >= 0.6 is 27.5 Å². The van der Waals surface area contributed by atoms with Gasteiger partial charge < -0.3 is 5.73 Å². The molecule has 2 aromatic rings. The predicted molar refractivity (Wildman–Crippen MR) is 72.9 cm³/mol. The molecule has 2 nitrogen and oxygen atoms in total. The molecular weight excluding hydrogens is 288 g/mol. The van der Waals surface area contributed by atoms with E-state index in [9.17, 15) is 0 Å². The predicted octanol–water partition coefficient (Wildman–Crippen LogP) is 4.19. The van der Waals surface area contributed by atoms with E-state index in [4.69, 9.17) is 17.3 Å². The Balaban J connectivity index is 2.73. The van der Waals surface area contributed by atoms with Gasteiger partial charge in [0.2, 0.25) is 0 Å². The molecule has 2 rings (SSSR count). The molecule has 0 aliphatic rings. The van der Waals surface area contributed by atoms with Crippen molar-refractivity contribution in [3.8, 4) is 0 Å². The average molecular weight is 300 g/mol. The Morgan fingerprint density at radius 3 is 2.88 bits per heavy atom. The number of fused-ring (bicyclic) bond motifs is 1. The molecule has 1 heterocycles. The van der Waals surface area contributed by atoms with Gasteiger partial charge in [0.15, 0.2) is 0 Å². The van der Waals surface area contributed by atoms with Gasteiger partial charge in [-0.25, -0.2) is 4.98 Å². The van der Waals surface area contributed by atoms with Crippen LogP contribution in [0.5, 0.6) is 0 Å². The number of aryl methyl sites for hydroxylation is 1. The largest absolute Gasteiger partial charge is 0.383 e. The molecule has 0 aliphatic heterocycles. The third kappa shape index (κ3) is 2.02. The molecule has 0 spiro atoms. The van der Waals surface area contributed by atoms with E-state index in [1.807, 2.05) is 18.2 Å². The Morgan fingerprint density at radius 1 is 1.44 bits per heavy atom. The van der Waals surface area contributed by atoms with Gasteiger partial charge in [-0.3, -0.25) is 0 Å². The van der Waals surface area contributed by atoms with Crippen molar-refractivity contribution in [3.63, 3.8) is 0 Å². The third-order valence-corrected chi connectivity index (χ3v) is 3.48. The molecule has 0 saturated heterocycles. The van der Waals surface area contributed by atoms with Gasteiger partial charge in [-0.15, -0.1) is 0 Å². The molecule has 0 radical (unpaired) electrons. The summed E-state index contributed by atoms with van der Waals surface area (Å²) in [5.41, 5.74) is 7.81. The minimum Gasteiger partial charge on any atom is -0.383 e. The highest BCUT2D eigenvalue weighted by Crippen LogP contribution is 2.31. The molecule has 1 aromatic carbocycles. The van der Waals surface area contributed by atoms with Crippen LogP contribution in [0.3, 0.4) is 0 Å². The van der Waals surface area contributed by atoms with Crippen molar-refractivity contribution in [2.75, 3.05) is 5.73 Å². The monoisotopic (exact) mass is 298 g/mol. The first-order valence-electron chi connectivity index (χ1n) is 5.16. The fraction of sp³-hybridized carbons (Fsp3) is 0.250. The van der Waals surface area contributed by atoms with Crippen LogP contribution in [0.15, 0.2) is 22.7 Å². The number of hydrogen-bond acceptors (Lipinski definition) is 2. The summed E-state index contributed by atoms with van der Waals surface area (Å²) in [4.78, 5) is 4.40. The normalized spacial score (nSPS) is 10.9. The molecule has 0 amide bonds. The molecule has 0 bridgehead atoms. The van der Waals surface area contributed by atoms with Crippen LogP contribution in [0.2, 0.25) is 5.02 Å². The van der Waals surface area contributed by atoms with Crippen LogP contribution in [-0.4, -0.2) is 4.98 Å². The summed E-state index contributed by atoms with van der Waals surface area (Å²) in [5, 5.41) is 1.66. The molecule has 0 saturated carbocycles. The minimum atomic E-state index is 0.595. The number of benzene rings is 1. The second-order valence-corrected chi connectivity index (χ2v) is 4.97. The van der Waals surface area contributed by atoms with Gasteiger partial charge in [0.05, 0.1) is 10.5 Å². The number of hydrogen-bond donors (Lipinski definition) is 1. The summed E-state index contributed by atoms with van der Waals surface area (Å²) >= 11 is 9.60. The fourth-order valence-corrected chi connectivity index (χ4v) is 2.36. The summed E-state index contributed by atoms with van der Waals surface area (Å²) in [7, 11) is 0. The highest BCUT2D eigenvalue weighted by Gasteiger charge is 2.08. The van der Waals surface area contributed by atoms with Crippen molar-refractivity contribution in [1.29, 1.82) is 0 Å². The Hall–Kier alpha value is -0.800. The lowest BCUT2D eigenvalue weighted by Crippen LogP contribution is -1.98. The van der Waals surface area contributed by atoms with E-state index < -0.39 is 0 Å². The van der Waals surface area contributed by atoms with Gasteiger partial charge in [0, 0.05) is 9.86 Å². The lowest BCUT2D eigenvalue weighted by atomic mass is 10.1. The maximum atomic E-state index is 6.15. The molecule has 0 aliphatic carbocycles. The molecule has 0 unspecified atom stereocenters.